The monoisotopic (exact) mass is 547 g/mol. The molecule has 0 saturated carbocycles. The van der Waals surface area contributed by atoms with E-state index in [1.54, 1.807) is 39.5 Å². The summed E-state index contributed by atoms with van der Waals surface area (Å²) in [5, 5.41) is 0. The van der Waals surface area contributed by atoms with E-state index in [4.69, 9.17) is 0 Å². The summed E-state index contributed by atoms with van der Waals surface area (Å²) in [7, 11) is 9.05. The lowest BCUT2D eigenvalue weighted by atomic mass is 10.00. The number of aryl methyl sites for hydroxylation is 1. The average Bonchev–Trinajstić information content (AvgIpc) is 3.43. The Balaban J connectivity index is 0.000000462. The van der Waals surface area contributed by atoms with Crippen LogP contribution in [0.4, 0.5) is 0 Å². The predicted molar refractivity (Wildman–Crippen MR) is 155 cm³/mol. The highest BCUT2D eigenvalue weighted by Crippen LogP contribution is 2.14. The molecule has 0 bridgehead atoms. The minimum Gasteiger partial charge on any atom is -0.346 e. The van der Waals surface area contributed by atoms with E-state index in [9.17, 15) is 24.0 Å². The highest BCUT2D eigenvalue weighted by molar-refractivity contribution is 6.01. The van der Waals surface area contributed by atoms with Crippen molar-refractivity contribution < 1.29 is 19.2 Å². The molecule has 0 N–H and O–H groups in total. The summed E-state index contributed by atoms with van der Waals surface area (Å²) in [6, 6.07) is 1.61. The SMILES string of the molecule is C.CC1=CCC1=O.CC1=CN(C)C(=O)C1.CC1CCN(C)C1=O.CC1CN(C)C1=O.Cc1cc(=O)n(C)n1C. The maximum Gasteiger partial charge on any atom is 0.266 e. The van der Waals surface area contributed by atoms with Crippen LogP contribution in [0.2, 0.25) is 0 Å². The lowest BCUT2D eigenvalue weighted by molar-refractivity contribution is -0.144. The Kier molecular flexibility index (Phi) is 14.5. The van der Waals surface area contributed by atoms with E-state index >= 15 is 0 Å². The zero-order valence-electron chi connectivity index (χ0n) is 24.7. The Morgan fingerprint density at radius 3 is 1.41 bits per heavy atom. The summed E-state index contributed by atoms with van der Waals surface area (Å²) in [5.41, 5.74) is 3.12. The molecule has 0 aromatic carbocycles. The van der Waals surface area contributed by atoms with Gasteiger partial charge >= 0.3 is 0 Å². The normalized spacial score (nSPS) is 20.8. The van der Waals surface area contributed by atoms with E-state index in [0.717, 1.165) is 36.4 Å². The summed E-state index contributed by atoms with van der Waals surface area (Å²) in [4.78, 5) is 58.1. The quantitative estimate of drug-likeness (QED) is 0.465. The van der Waals surface area contributed by atoms with Gasteiger partial charge in [-0.25, -0.2) is 0 Å². The zero-order chi connectivity index (χ0) is 29.3. The van der Waals surface area contributed by atoms with E-state index in [1.807, 2.05) is 72.7 Å². The Morgan fingerprint density at radius 1 is 0.795 bits per heavy atom. The lowest BCUT2D eigenvalue weighted by Gasteiger charge is -2.32. The summed E-state index contributed by atoms with van der Waals surface area (Å²) < 4.78 is 3.37. The van der Waals surface area contributed by atoms with Crippen LogP contribution < -0.4 is 5.56 Å². The second-order valence-corrected chi connectivity index (χ2v) is 10.4. The first-order valence-electron chi connectivity index (χ1n) is 12.9. The number of likely N-dealkylation sites (tertiary alicyclic amines) is 2. The second kappa shape index (κ2) is 15.9. The van der Waals surface area contributed by atoms with Crippen LogP contribution >= 0.6 is 0 Å². The van der Waals surface area contributed by atoms with Crippen molar-refractivity contribution in [1.82, 2.24) is 24.1 Å². The van der Waals surface area contributed by atoms with Crippen LogP contribution in [0.25, 0.3) is 0 Å². The van der Waals surface area contributed by atoms with E-state index in [1.165, 1.54) is 0 Å². The van der Waals surface area contributed by atoms with E-state index in [0.29, 0.717) is 30.4 Å². The van der Waals surface area contributed by atoms with Gasteiger partial charge in [-0.05, 0) is 38.3 Å². The Bertz CT molecular complexity index is 1120. The number of carbonyl (C=O) groups excluding carboxylic acids is 4. The Labute approximate surface area is 233 Å². The molecule has 2 fully saturated rings. The van der Waals surface area contributed by atoms with Crippen molar-refractivity contribution in [2.24, 2.45) is 25.9 Å². The van der Waals surface area contributed by atoms with E-state index in [2.05, 4.69) is 0 Å². The number of β-lactam (4-membered cyclic amide) rings is 1. The minimum absolute atomic E-state index is 0. The molecule has 10 heteroatoms. The number of carbonyl (C=O) groups is 4. The molecule has 2 unspecified atom stereocenters. The van der Waals surface area contributed by atoms with Gasteiger partial charge in [0.2, 0.25) is 17.7 Å². The first-order valence-corrected chi connectivity index (χ1v) is 12.9. The standard InChI is InChI=1S/C6H10N2O.C6H9NO.C6H11NO.C5H9NO.C5H6O.CH4/c1-5-4-6(9)8(3)7(5)2;1-5-3-6(8)7(2)4-5;1-5-3-4-7(2)6(5)8;1-4-3-6(2)5(4)7;1-4-2-3-5(4)6;/h4H,1-3H3;4H,3H2,1-2H3;5H,3-4H2,1-2H3;4H,3H2,1-2H3;2H,3H2,1H3;1H4. The first-order chi connectivity index (χ1) is 17.6. The van der Waals surface area contributed by atoms with E-state index < -0.39 is 0 Å². The van der Waals surface area contributed by atoms with Crippen LogP contribution in [0, 0.1) is 18.8 Å². The largest absolute Gasteiger partial charge is 0.346 e. The molecule has 0 radical (unpaired) electrons. The fraction of sp³-hybridized carbons (Fsp3) is 0.621. The third-order valence-electron chi connectivity index (χ3n) is 6.92. The molecular weight excluding hydrogens is 498 g/mol. The van der Waals surface area contributed by atoms with Crippen molar-refractivity contribution in [2.45, 2.75) is 61.3 Å². The summed E-state index contributed by atoms with van der Waals surface area (Å²) in [5.74, 6) is 1.65. The van der Waals surface area contributed by atoms with Crippen molar-refractivity contribution in [3.8, 4) is 0 Å². The van der Waals surface area contributed by atoms with Gasteiger partial charge in [-0.3, -0.25) is 33.3 Å². The van der Waals surface area contributed by atoms with Gasteiger partial charge in [0.15, 0.2) is 5.78 Å². The highest BCUT2D eigenvalue weighted by Gasteiger charge is 2.28. The minimum atomic E-state index is 0. The van der Waals surface area contributed by atoms with Crippen molar-refractivity contribution in [2.75, 3.05) is 34.2 Å². The molecule has 3 amide bonds. The molecule has 10 nitrogen and oxygen atoms in total. The smallest absolute Gasteiger partial charge is 0.266 e. The molecule has 1 aromatic heterocycles. The van der Waals surface area contributed by atoms with Crippen LogP contribution in [0.15, 0.2) is 34.3 Å². The van der Waals surface area contributed by atoms with Crippen molar-refractivity contribution in [1.29, 1.82) is 0 Å². The van der Waals surface area contributed by atoms with Gasteiger partial charge in [-0.1, -0.05) is 27.4 Å². The second-order valence-electron chi connectivity index (χ2n) is 10.4. The summed E-state index contributed by atoms with van der Waals surface area (Å²) in [6.07, 6.45) is 6.11. The lowest BCUT2D eigenvalue weighted by Crippen LogP contribution is -2.48. The van der Waals surface area contributed by atoms with Gasteiger partial charge in [0.25, 0.3) is 5.56 Å². The van der Waals surface area contributed by atoms with Gasteiger partial charge < -0.3 is 14.7 Å². The molecule has 3 aliphatic heterocycles. The maximum absolute atomic E-state index is 10.8. The molecule has 4 aliphatic rings. The van der Waals surface area contributed by atoms with Crippen LogP contribution in [-0.4, -0.2) is 81.8 Å². The highest BCUT2D eigenvalue weighted by atomic mass is 16.2. The number of aromatic nitrogens is 2. The number of rotatable bonds is 0. The number of allylic oxidation sites excluding steroid dienone is 2. The number of hydrogen-bond acceptors (Lipinski definition) is 5. The zero-order valence-corrected chi connectivity index (χ0v) is 24.7. The molecule has 39 heavy (non-hydrogen) atoms. The molecular formula is C29H49N5O5. The molecule has 0 spiro atoms. The maximum atomic E-state index is 10.8. The molecule has 220 valence electrons. The van der Waals surface area contributed by atoms with Crippen molar-refractivity contribution in [3.63, 3.8) is 0 Å². The Hall–Kier alpha value is -3.43. The number of ketones is 1. The number of nitrogens with zero attached hydrogens (tertiary/aromatic N) is 5. The van der Waals surface area contributed by atoms with Gasteiger partial charge in [0.05, 0.1) is 5.92 Å². The Morgan fingerprint density at radius 2 is 1.33 bits per heavy atom. The van der Waals surface area contributed by atoms with Crippen LogP contribution in [-0.2, 0) is 33.3 Å². The molecule has 5 rings (SSSR count). The summed E-state index contributed by atoms with van der Waals surface area (Å²) >= 11 is 0. The van der Waals surface area contributed by atoms with E-state index in [-0.39, 0.29) is 30.7 Å². The first kappa shape index (κ1) is 35.6. The average molecular weight is 548 g/mol. The van der Waals surface area contributed by atoms with Gasteiger partial charge in [0, 0.05) is 85.0 Å². The van der Waals surface area contributed by atoms with Crippen molar-refractivity contribution >= 4 is 23.5 Å². The van der Waals surface area contributed by atoms with Crippen molar-refractivity contribution in [3.05, 3.63) is 45.5 Å². The molecule has 1 aliphatic carbocycles. The van der Waals surface area contributed by atoms with Gasteiger partial charge in [-0.2, -0.15) is 0 Å². The topological polar surface area (TPSA) is 105 Å². The molecule has 2 saturated heterocycles. The van der Waals surface area contributed by atoms with Gasteiger partial charge in [-0.15, -0.1) is 0 Å². The third kappa shape index (κ3) is 10.7. The third-order valence-corrected chi connectivity index (χ3v) is 6.92. The number of amides is 3. The predicted octanol–water partition coefficient (Wildman–Crippen LogP) is 2.91. The fourth-order valence-electron chi connectivity index (χ4n) is 3.79. The molecule has 2 atom stereocenters. The number of Topliss-reactive ketones (excluding diaryl/α,β-unsaturated/α-hetero) is 1. The fourth-order valence-corrected chi connectivity index (χ4v) is 3.79. The van der Waals surface area contributed by atoms with Gasteiger partial charge in [0.1, 0.15) is 0 Å². The summed E-state index contributed by atoms with van der Waals surface area (Å²) in [6.45, 7) is 11.5. The van der Waals surface area contributed by atoms with Crippen LogP contribution in [0.3, 0.4) is 0 Å². The van der Waals surface area contributed by atoms with Crippen LogP contribution in [0.1, 0.15) is 60.1 Å². The molecule has 4 heterocycles. The number of hydrogen-bond donors (Lipinski definition) is 0. The molecule has 1 aromatic rings. The van der Waals surface area contributed by atoms with Crippen LogP contribution in [0.5, 0.6) is 0 Å².